The summed E-state index contributed by atoms with van der Waals surface area (Å²) in [4.78, 5) is 4.32. The topological polar surface area (TPSA) is 57.9 Å². The molecule has 0 unspecified atom stereocenters. The summed E-state index contributed by atoms with van der Waals surface area (Å²) in [5.74, 6) is 0. The predicted molar refractivity (Wildman–Crippen MR) is 49.1 cm³/mol. The van der Waals surface area contributed by atoms with Crippen LogP contribution in [-0.4, -0.2) is 24.2 Å². The number of thiazole rings is 1. The molecule has 1 N–H and O–H groups in total. The first kappa shape index (κ1) is 8.75. The molecule has 4 nitrogen and oxygen atoms in total. The number of hydrogen-bond donors (Lipinski definition) is 1. The third-order valence-corrected chi connectivity index (χ3v) is 2.92. The molecule has 1 aromatic heterocycles. The van der Waals surface area contributed by atoms with Crippen LogP contribution in [0.25, 0.3) is 0 Å². The van der Waals surface area contributed by atoms with Crippen molar-refractivity contribution in [2.45, 2.75) is 6.10 Å². The summed E-state index contributed by atoms with van der Waals surface area (Å²) in [6.45, 7) is 1.66. The number of nitriles is 1. The average molecular weight is 216 g/mol. The van der Waals surface area contributed by atoms with Crippen LogP contribution in [0.5, 0.6) is 5.19 Å². The highest BCUT2D eigenvalue weighted by molar-refractivity contribution is 7.14. The van der Waals surface area contributed by atoms with Crippen molar-refractivity contribution in [3.8, 4) is 11.3 Å². The van der Waals surface area contributed by atoms with Crippen LogP contribution in [0.2, 0.25) is 5.15 Å². The molecular formula is C7H6ClN3OS. The molecule has 1 fully saturated rings. The van der Waals surface area contributed by atoms with Gasteiger partial charge in [0.25, 0.3) is 5.19 Å². The smallest absolute Gasteiger partial charge is 0.276 e. The highest BCUT2D eigenvalue weighted by Gasteiger charge is 2.20. The molecule has 0 aliphatic carbocycles. The van der Waals surface area contributed by atoms with E-state index in [2.05, 4.69) is 10.3 Å². The monoisotopic (exact) mass is 215 g/mol. The predicted octanol–water partition coefficient (Wildman–Crippen LogP) is 1.02. The third-order valence-electron chi connectivity index (χ3n) is 1.68. The molecule has 0 aromatic carbocycles. The number of aromatic nitrogens is 1. The summed E-state index contributed by atoms with van der Waals surface area (Å²) in [6, 6.07) is 1.95. The first-order valence-corrected chi connectivity index (χ1v) is 4.93. The fraction of sp³-hybridized carbons (Fsp3) is 0.429. The van der Waals surface area contributed by atoms with Gasteiger partial charge in [-0.05, 0) is 0 Å². The number of halogens is 1. The number of nitrogens with zero attached hydrogens (tertiary/aromatic N) is 2. The fourth-order valence-corrected chi connectivity index (χ4v) is 1.85. The van der Waals surface area contributed by atoms with Crippen LogP contribution >= 0.6 is 22.9 Å². The van der Waals surface area contributed by atoms with Crippen molar-refractivity contribution < 1.29 is 4.74 Å². The summed E-state index contributed by atoms with van der Waals surface area (Å²) in [7, 11) is 0. The molecule has 0 saturated carbocycles. The van der Waals surface area contributed by atoms with E-state index in [9.17, 15) is 0 Å². The molecular weight excluding hydrogens is 210 g/mol. The van der Waals surface area contributed by atoms with Crippen molar-refractivity contribution in [2.75, 3.05) is 13.1 Å². The van der Waals surface area contributed by atoms with E-state index >= 15 is 0 Å². The minimum Gasteiger partial charge on any atom is -0.464 e. The van der Waals surface area contributed by atoms with Gasteiger partial charge in [0.2, 0.25) is 0 Å². The van der Waals surface area contributed by atoms with Gasteiger partial charge in [-0.15, -0.1) is 0 Å². The van der Waals surface area contributed by atoms with Crippen LogP contribution in [0.15, 0.2) is 0 Å². The molecule has 0 atom stereocenters. The molecule has 1 aliphatic heterocycles. The molecule has 2 heterocycles. The Morgan fingerprint density at radius 3 is 2.92 bits per heavy atom. The molecule has 68 valence electrons. The minimum atomic E-state index is 0.175. The summed E-state index contributed by atoms with van der Waals surface area (Å²) in [5, 5.41) is 12.4. The maximum atomic E-state index is 8.61. The molecule has 1 saturated heterocycles. The molecule has 13 heavy (non-hydrogen) atoms. The number of nitrogens with one attached hydrogen (secondary N) is 1. The molecule has 0 radical (unpaired) electrons. The molecule has 2 rings (SSSR count). The Morgan fingerprint density at radius 2 is 2.46 bits per heavy atom. The van der Waals surface area contributed by atoms with Gasteiger partial charge in [0.15, 0.2) is 5.15 Å². The Balaban J connectivity index is 2.08. The highest BCUT2D eigenvalue weighted by atomic mass is 35.5. The van der Waals surface area contributed by atoms with Crippen LogP contribution < -0.4 is 10.1 Å². The Bertz CT molecular complexity index is 355. The summed E-state index contributed by atoms with van der Waals surface area (Å²) < 4.78 is 5.42. The third kappa shape index (κ3) is 1.75. The van der Waals surface area contributed by atoms with E-state index < -0.39 is 0 Å². The minimum absolute atomic E-state index is 0.175. The van der Waals surface area contributed by atoms with Crippen molar-refractivity contribution in [1.82, 2.24) is 10.3 Å². The second-order valence-corrected chi connectivity index (χ2v) is 3.93. The van der Waals surface area contributed by atoms with Gasteiger partial charge >= 0.3 is 0 Å². The standard InChI is InChI=1S/C7H6ClN3OS/c8-6-5(1-9)13-7(11-6)12-4-2-10-3-4/h4,10H,2-3H2. The van der Waals surface area contributed by atoms with E-state index in [1.54, 1.807) is 0 Å². The molecule has 0 spiro atoms. The zero-order chi connectivity index (χ0) is 9.26. The van der Waals surface area contributed by atoms with Gasteiger partial charge < -0.3 is 10.1 Å². The van der Waals surface area contributed by atoms with Crippen molar-refractivity contribution in [1.29, 1.82) is 5.26 Å². The lowest BCUT2D eigenvalue weighted by molar-refractivity contribution is 0.142. The normalized spacial score (nSPS) is 16.3. The number of rotatable bonds is 2. The maximum absolute atomic E-state index is 8.61. The van der Waals surface area contributed by atoms with Crippen LogP contribution in [0.1, 0.15) is 4.88 Å². The van der Waals surface area contributed by atoms with Gasteiger partial charge in [0, 0.05) is 13.1 Å². The number of ether oxygens (including phenoxy) is 1. The lowest BCUT2D eigenvalue weighted by atomic mass is 10.2. The Kier molecular flexibility index (Phi) is 2.36. The number of hydrogen-bond acceptors (Lipinski definition) is 5. The Labute approximate surface area is 84.1 Å². The first-order chi connectivity index (χ1) is 6.29. The van der Waals surface area contributed by atoms with Crippen molar-refractivity contribution in [3.05, 3.63) is 10.0 Å². The van der Waals surface area contributed by atoms with Gasteiger partial charge in [-0.1, -0.05) is 22.9 Å². The van der Waals surface area contributed by atoms with Crippen molar-refractivity contribution in [3.63, 3.8) is 0 Å². The largest absolute Gasteiger partial charge is 0.464 e. The second kappa shape index (κ2) is 3.50. The van der Waals surface area contributed by atoms with Crippen LogP contribution in [0.4, 0.5) is 0 Å². The van der Waals surface area contributed by atoms with Gasteiger partial charge in [0.1, 0.15) is 17.1 Å². The average Bonchev–Trinajstić information content (AvgIpc) is 2.39. The summed E-state index contributed by atoms with van der Waals surface area (Å²) in [6.07, 6.45) is 0.175. The van der Waals surface area contributed by atoms with E-state index in [1.807, 2.05) is 6.07 Å². The van der Waals surface area contributed by atoms with Crippen LogP contribution in [0, 0.1) is 11.3 Å². The maximum Gasteiger partial charge on any atom is 0.276 e. The molecule has 0 bridgehead atoms. The van der Waals surface area contributed by atoms with E-state index in [0.29, 0.717) is 10.1 Å². The van der Waals surface area contributed by atoms with Crippen LogP contribution in [0.3, 0.4) is 0 Å². The summed E-state index contributed by atoms with van der Waals surface area (Å²) >= 11 is 6.85. The van der Waals surface area contributed by atoms with E-state index in [-0.39, 0.29) is 11.3 Å². The highest BCUT2D eigenvalue weighted by Crippen LogP contribution is 2.28. The van der Waals surface area contributed by atoms with Gasteiger partial charge in [-0.3, -0.25) is 0 Å². The zero-order valence-corrected chi connectivity index (χ0v) is 8.15. The molecule has 6 heteroatoms. The van der Waals surface area contributed by atoms with E-state index in [1.165, 1.54) is 11.3 Å². The molecule has 1 aromatic rings. The lowest BCUT2D eigenvalue weighted by Crippen LogP contribution is -2.50. The van der Waals surface area contributed by atoms with E-state index in [0.717, 1.165) is 13.1 Å². The summed E-state index contributed by atoms with van der Waals surface area (Å²) in [5.41, 5.74) is 0. The quantitative estimate of drug-likeness (QED) is 0.800. The van der Waals surface area contributed by atoms with Crippen molar-refractivity contribution >= 4 is 22.9 Å². The van der Waals surface area contributed by atoms with Crippen molar-refractivity contribution in [2.24, 2.45) is 0 Å². The molecule has 0 amide bonds. The van der Waals surface area contributed by atoms with Gasteiger partial charge in [-0.2, -0.15) is 10.2 Å². The lowest BCUT2D eigenvalue weighted by Gasteiger charge is -2.26. The SMILES string of the molecule is N#Cc1sc(OC2CNC2)nc1Cl. The first-order valence-electron chi connectivity index (χ1n) is 3.73. The van der Waals surface area contributed by atoms with E-state index in [4.69, 9.17) is 21.6 Å². The Morgan fingerprint density at radius 1 is 1.69 bits per heavy atom. The van der Waals surface area contributed by atoms with Gasteiger partial charge in [-0.25, -0.2) is 0 Å². The zero-order valence-electron chi connectivity index (χ0n) is 6.58. The second-order valence-electron chi connectivity index (χ2n) is 2.61. The Hall–Kier alpha value is -0.830. The fourth-order valence-electron chi connectivity index (χ4n) is 0.891. The van der Waals surface area contributed by atoms with Crippen LogP contribution in [-0.2, 0) is 0 Å². The van der Waals surface area contributed by atoms with Gasteiger partial charge in [0.05, 0.1) is 0 Å². The molecule has 1 aliphatic rings.